The summed E-state index contributed by atoms with van der Waals surface area (Å²) >= 11 is 0. The van der Waals surface area contributed by atoms with Crippen LogP contribution in [0, 0.1) is 5.82 Å². The van der Waals surface area contributed by atoms with Crippen LogP contribution in [0.2, 0.25) is 0 Å². The molecule has 1 amide bonds. The highest BCUT2D eigenvalue weighted by Crippen LogP contribution is 2.27. The van der Waals surface area contributed by atoms with E-state index in [1.165, 1.54) is 18.2 Å². The Morgan fingerprint density at radius 2 is 2.04 bits per heavy atom. The van der Waals surface area contributed by atoms with E-state index in [1.807, 2.05) is 0 Å². The summed E-state index contributed by atoms with van der Waals surface area (Å²) in [4.78, 5) is 25.4. The number of alkyl carbamates (subject to hydrolysis) is 1. The van der Waals surface area contributed by atoms with Crippen molar-refractivity contribution in [3.8, 4) is 0 Å². The van der Waals surface area contributed by atoms with Gasteiger partial charge >= 0.3 is 12.1 Å². The van der Waals surface area contributed by atoms with Gasteiger partial charge in [-0.2, -0.15) is 0 Å². The van der Waals surface area contributed by atoms with E-state index in [0.29, 0.717) is 19.5 Å². The monoisotopic (exact) mass is 352 g/mol. The molecule has 2 N–H and O–H groups in total. The van der Waals surface area contributed by atoms with Crippen LogP contribution >= 0.6 is 0 Å². The summed E-state index contributed by atoms with van der Waals surface area (Å²) in [6.45, 7) is 6.18. The summed E-state index contributed by atoms with van der Waals surface area (Å²) in [7, 11) is 0. The molecular formula is C18H25FN2O4. The van der Waals surface area contributed by atoms with Gasteiger partial charge in [0.1, 0.15) is 17.5 Å². The number of rotatable bonds is 4. The number of hydrogen-bond donors (Lipinski definition) is 2. The predicted octanol–water partition coefficient (Wildman–Crippen LogP) is 2.94. The molecule has 0 aliphatic carbocycles. The first kappa shape index (κ1) is 19.2. The molecule has 138 valence electrons. The van der Waals surface area contributed by atoms with Gasteiger partial charge in [0.05, 0.1) is 0 Å². The van der Waals surface area contributed by atoms with E-state index in [9.17, 15) is 19.1 Å². The van der Waals surface area contributed by atoms with Crippen molar-refractivity contribution >= 4 is 12.1 Å². The fourth-order valence-corrected chi connectivity index (χ4v) is 3.02. The average Bonchev–Trinajstić information content (AvgIpc) is 2.47. The van der Waals surface area contributed by atoms with Gasteiger partial charge in [-0.1, -0.05) is 18.2 Å². The second kappa shape index (κ2) is 7.82. The number of aliphatic carboxylic acids is 1. The molecule has 1 aromatic rings. The molecule has 1 unspecified atom stereocenters. The molecule has 6 nitrogen and oxygen atoms in total. The summed E-state index contributed by atoms with van der Waals surface area (Å²) in [6.07, 6.45) is 0.898. The van der Waals surface area contributed by atoms with Crippen molar-refractivity contribution in [2.24, 2.45) is 0 Å². The molecule has 2 atom stereocenters. The zero-order valence-corrected chi connectivity index (χ0v) is 14.8. The molecule has 1 aliphatic rings. The summed E-state index contributed by atoms with van der Waals surface area (Å²) < 4.78 is 19.3. The van der Waals surface area contributed by atoms with Crippen LogP contribution in [0.25, 0.3) is 0 Å². The number of ether oxygens (including phenoxy) is 1. The van der Waals surface area contributed by atoms with Crippen molar-refractivity contribution in [2.45, 2.75) is 51.3 Å². The molecule has 1 fully saturated rings. The minimum Gasteiger partial charge on any atom is -0.480 e. The van der Waals surface area contributed by atoms with Gasteiger partial charge in [0.2, 0.25) is 0 Å². The first-order valence-corrected chi connectivity index (χ1v) is 8.38. The quantitative estimate of drug-likeness (QED) is 0.871. The van der Waals surface area contributed by atoms with E-state index < -0.39 is 29.5 Å². The molecule has 7 heteroatoms. The number of likely N-dealkylation sites (tertiary alicyclic amines) is 1. The normalized spacial score (nSPS) is 19.9. The molecule has 1 aliphatic heterocycles. The topological polar surface area (TPSA) is 78.9 Å². The van der Waals surface area contributed by atoms with Gasteiger partial charge in [0, 0.05) is 18.2 Å². The fourth-order valence-electron chi connectivity index (χ4n) is 3.02. The Labute approximate surface area is 147 Å². The Morgan fingerprint density at radius 1 is 1.36 bits per heavy atom. The molecule has 25 heavy (non-hydrogen) atoms. The lowest BCUT2D eigenvalue weighted by Crippen LogP contribution is -2.51. The zero-order chi connectivity index (χ0) is 18.6. The Balaban J connectivity index is 2.09. The molecule has 0 aromatic heterocycles. The van der Waals surface area contributed by atoms with Crippen LogP contribution in [0.4, 0.5) is 9.18 Å². The maximum atomic E-state index is 14.1. The Morgan fingerprint density at radius 3 is 2.64 bits per heavy atom. The number of nitrogens with one attached hydrogen (secondary N) is 1. The smallest absolute Gasteiger partial charge is 0.407 e. The van der Waals surface area contributed by atoms with Crippen LogP contribution in [-0.2, 0) is 9.53 Å². The highest BCUT2D eigenvalue weighted by atomic mass is 19.1. The lowest BCUT2D eigenvalue weighted by molar-refractivity contribution is -0.144. The van der Waals surface area contributed by atoms with Crippen LogP contribution in [0.15, 0.2) is 24.3 Å². The highest BCUT2D eigenvalue weighted by Gasteiger charge is 2.34. The largest absolute Gasteiger partial charge is 0.480 e. The maximum absolute atomic E-state index is 14.1. The SMILES string of the molecule is CC(C)(C)OC(=O)N[C@@H]1CCCN(C(C(=O)O)c2ccccc2F)C1. The van der Waals surface area contributed by atoms with Crippen molar-refractivity contribution in [1.82, 2.24) is 10.2 Å². The van der Waals surface area contributed by atoms with Crippen LogP contribution in [0.3, 0.4) is 0 Å². The molecule has 0 radical (unpaired) electrons. The van der Waals surface area contributed by atoms with Crippen LogP contribution in [0.5, 0.6) is 0 Å². The minimum absolute atomic E-state index is 0.132. The predicted molar refractivity (Wildman–Crippen MR) is 90.7 cm³/mol. The summed E-state index contributed by atoms with van der Waals surface area (Å²) in [5.74, 6) is -1.65. The zero-order valence-electron chi connectivity index (χ0n) is 14.8. The molecule has 2 rings (SSSR count). The molecule has 1 aromatic carbocycles. The third kappa shape index (κ3) is 5.42. The lowest BCUT2D eigenvalue weighted by Gasteiger charge is -2.37. The van der Waals surface area contributed by atoms with Crippen molar-refractivity contribution in [2.75, 3.05) is 13.1 Å². The highest BCUT2D eigenvalue weighted by molar-refractivity contribution is 5.75. The van der Waals surface area contributed by atoms with Crippen molar-refractivity contribution in [3.63, 3.8) is 0 Å². The average molecular weight is 352 g/mol. The van der Waals surface area contributed by atoms with Crippen molar-refractivity contribution in [1.29, 1.82) is 0 Å². The second-order valence-electron chi connectivity index (χ2n) is 7.24. The second-order valence-corrected chi connectivity index (χ2v) is 7.24. The Kier molecular flexibility index (Phi) is 6.00. The number of benzene rings is 1. The van der Waals surface area contributed by atoms with E-state index >= 15 is 0 Å². The molecule has 0 saturated carbocycles. The molecule has 0 spiro atoms. The van der Waals surface area contributed by atoms with Crippen LogP contribution in [-0.4, -0.2) is 46.8 Å². The van der Waals surface area contributed by atoms with E-state index in [2.05, 4.69) is 5.32 Å². The summed E-state index contributed by atoms with van der Waals surface area (Å²) in [6, 6.07) is 4.57. The fraction of sp³-hybridized carbons (Fsp3) is 0.556. The van der Waals surface area contributed by atoms with Gasteiger partial charge in [0.25, 0.3) is 0 Å². The van der Waals surface area contributed by atoms with E-state index in [-0.39, 0.29) is 11.6 Å². The van der Waals surface area contributed by atoms with Crippen molar-refractivity contribution in [3.05, 3.63) is 35.6 Å². The number of carbonyl (C=O) groups is 2. The first-order valence-electron chi connectivity index (χ1n) is 8.38. The molecule has 1 heterocycles. The van der Waals surface area contributed by atoms with E-state index in [4.69, 9.17) is 4.74 Å². The minimum atomic E-state index is -1.11. The molecule has 0 bridgehead atoms. The summed E-state index contributed by atoms with van der Waals surface area (Å²) in [5.41, 5.74) is -0.470. The van der Waals surface area contributed by atoms with Gasteiger partial charge < -0.3 is 15.2 Å². The Bertz CT molecular complexity index is 630. The number of carboxylic acids is 1. The standard InChI is InChI=1S/C18H25FN2O4/c1-18(2,3)25-17(24)20-12-7-6-10-21(11-12)15(16(22)23)13-8-4-5-9-14(13)19/h4-5,8-9,12,15H,6-7,10-11H2,1-3H3,(H,20,24)(H,22,23)/t12-,15?/m1/s1. The van der Waals surface area contributed by atoms with Gasteiger partial charge in [-0.15, -0.1) is 0 Å². The lowest BCUT2D eigenvalue weighted by atomic mass is 9.99. The van der Waals surface area contributed by atoms with Crippen LogP contribution < -0.4 is 5.32 Å². The molecular weight excluding hydrogens is 327 g/mol. The number of carbonyl (C=O) groups excluding carboxylic acids is 1. The first-order chi connectivity index (χ1) is 11.7. The van der Waals surface area contributed by atoms with Gasteiger partial charge in [-0.3, -0.25) is 9.69 Å². The number of halogens is 1. The van der Waals surface area contributed by atoms with Gasteiger partial charge in [-0.25, -0.2) is 9.18 Å². The summed E-state index contributed by atoms with van der Waals surface area (Å²) in [5, 5.41) is 12.4. The third-order valence-corrected chi connectivity index (χ3v) is 3.97. The maximum Gasteiger partial charge on any atom is 0.407 e. The van der Waals surface area contributed by atoms with Gasteiger partial charge in [-0.05, 0) is 46.2 Å². The van der Waals surface area contributed by atoms with Gasteiger partial charge in [0.15, 0.2) is 0 Å². The molecule has 1 saturated heterocycles. The Hall–Kier alpha value is -2.15. The van der Waals surface area contributed by atoms with Crippen LogP contribution in [0.1, 0.15) is 45.2 Å². The number of nitrogens with zero attached hydrogens (tertiary/aromatic N) is 1. The van der Waals surface area contributed by atoms with E-state index in [1.54, 1.807) is 31.7 Å². The number of amides is 1. The number of piperidine rings is 1. The number of hydrogen-bond acceptors (Lipinski definition) is 4. The van der Waals surface area contributed by atoms with E-state index in [0.717, 1.165) is 6.42 Å². The number of carboxylic acid groups (broad SMARTS) is 1. The van der Waals surface area contributed by atoms with Crippen molar-refractivity contribution < 1.29 is 23.8 Å². The third-order valence-electron chi connectivity index (χ3n) is 3.97.